The van der Waals surface area contributed by atoms with Crippen LogP contribution in [0.15, 0.2) is 0 Å². The number of hydrogen-bond donors (Lipinski definition) is 2. The van der Waals surface area contributed by atoms with Crippen molar-refractivity contribution >= 4 is 17.8 Å². The zero-order valence-electron chi connectivity index (χ0n) is 13.4. The van der Waals surface area contributed by atoms with Crippen LogP contribution in [0.1, 0.15) is 52.4 Å². The number of carbonyl (C=O) groups excluding carboxylic acids is 2. The van der Waals surface area contributed by atoms with Crippen molar-refractivity contribution in [2.24, 2.45) is 11.8 Å². The van der Waals surface area contributed by atoms with E-state index in [0.717, 1.165) is 25.7 Å². The first kappa shape index (κ1) is 16.8. The van der Waals surface area contributed by atoms with Gasteiger partial charge in [0, 0.05) is 19.0 Å². The van der Waals surface area contributed by atoms with Crippen LogP contribution in [-0.4, -0.2) is 46.4 Å². The first-order chi connectivity index (χ1) is 10.4. The Kier molecular flexibility index (Phi) is 5.42. The lowest BCUT2D eigenvalue weighted by Crippen LogP contribution is -2.45. The van der Waals surface area contributed by atoms with E-state index in [1.165, 1.54) is 0 Å². The largest absolute Gasteiger partial charge is 0.480 e. The highest BCUT2D eigenvalue weighted by atomic mass is 16.4. The maximum absolute atomic E-state index is 12.3. The molecule has 0 radical (unpaired) electrons. The molecule has 0 bridgehead atoms. The molecular weight excluding hydrogens is 284 g/mol. The fraction of sp³-hybridized carbons (Fsp3) is 0.812. The van der Waals surface area contributed by atoms with Crippen LogP contribution in [0.3, 0.4) is 0 Å². The molecule has 1 saturated heterocycles. The van der Waals surface area contributed by atoms with Crippen molar-refractivity contribution in [3.05, 3.63) is 0 Å². The molecule has 1 unspecified atom stereocenters. The molecule has 2 N–H and O–H groups in total. The molecule has 6 nitrogen and oxygen atoms in total. The van der Waals surface area contributed by atoms with Crippen LogP contribution in [0.5, 0.6) is 0 Å². The standard InChI is InChI=1S/C16H26N2O4/c1-10(2)7-13(16(21)22)17-15(20)11-8-14(19)18(9-11)12-5-3-4-6-12/h10-13H,3-9H2,1-2H3,(H,17,20)(H,21,22)/t11?,13-/m0/s1. The summed E-state index contributed by atoms with van der Waals surface area (Å²) in [5.41, 5.74) is 0. The molecule has 1 heterocycles. The molecule has 2 atom stereocenters. The van der Waals surface area contributed by atoms with Gasteiger partial charge in [-0.2, -0.15) is 0 Å². The minimum absolute atomic E-state index is 0.0304. The molecule has 0 aromatic carbocycles. The maximum Gasteiger partial charge on any atom is 0.326 e. The Labute approximate surface area is 131 Å². The van der Waals surface area contributed by atoms with Crippen LogP contribution >= 0.6 is 0 Å². The zero-order valence-corrected chi connectivity index (χ0v) is 13.4. The number of carboxylic acids is 1. The Morgan fingerprint density at radius 2 is 1.95 bits per heavy atom. The van der Waals surface area contributed by atoms with Crippen molar-refractivity contribution in [1.29, 1.82) is 0 Å². The molecular formula is C16H26N2O4. The van der Waals surface area contributed by atoms with Gasteiger partial charge in [0.1, 0.15) is 6.04 Å². The number of carbonyl (C=O) groups is 3. The summed E-state index contributed by atoms with van der Waals surface area (Å²) in [5.74, 6) is -1.52. The third-order valence-corrected chi connectivity index (χ3v) is 4.62. The van der Waals surface area contributed by atoms with Crippen molar-refractivity contribution in [1.82, 2.24) is 10.2 Å². The zero-order chi connectivity index (χ0) is 16.3. The average molecular weight is 310 g/mol. The highest BCUT2D eigenvalue weighted by molar-refractivity contribution is 5.91. The highest BCUT2D eigenvalue weighted by Gasteiger charge is 2.39. The van der Waals surface area contributed by atoms with Gasteiger partial charge in [-0.3, -0.25) is 9.59 Å². The molecule has 2 aliphatic rings. The number of nitrogens with one attached hydrogen (secondary N) is 1. The summed E-state index contributed by atoms with van der Waals surface area (Å²) in [7, 11) is 0. The van der Waals surface area contributed by atoms with Crippen LogP contribution in [0.25, 0.3) is 0 Å². The number of hydrogen-bond acceptors (Lipinski definition) is 3. The Bertz CT molecular complexity index is 443. The van der Waals surface area contributed by atoms with E-state index in [2.05, 4.69) is 5.32 Å². The van der Waals surface area contributed by atoms with Gasteiger partial charge in [0.25, 0.3) is 0 Å². The molecule has 0 spiro atoms. The fourth-order valence-corrected chi connectivity index (χ4v) is 3.46. The second kappa shape index (κ2) is 7.11. The Hall–Kier alpha value is -1.59. The highest BCUT2D eigenvalue weighted by Crippen LogP contribution is 2.29. The number of rotatable bonds is 6. The van der Waals surface area contributed by atoms with Gasteiger partial charge in [0.15, 0.2) is 0 Å². The normalized spacial score (nSPS) is 24.0. The van der Waals surface area contributed by atoms with Crippen LogP contribution in [-0.2, 0) is 14.4 Å². The summed E-state index contributed by atoms with van der Waals surface area (Å²) in [6, 6.07) is -0.598. The van der Waals surface area contributed by atoms with E-state index in [4.69, 9.17) is 0 Å². The van der Waals surface area contributed by atoms with Crippen LogP contribution in [0, 0.1) is 11.8 Å². The van der Waals surface area contributed by atoms with E-state index in [-0.39, 0.29) is 30.2 Å². The van der Waals surface area contributed by atoms with Gasteiger partial charge in [-0.25, -0.2) is 4.79 Å². The fourth-order valence-electron chi connectivity index (χ4n) is 3.46. The lowest BCUT2D eigenvalue weighted by atomic mass is 10.0. The molecule has 124 valence electrons. The molecule has 0 aromatic heterocycles. The van der Waals surface area contributed by atoms with Crippen molar-refractivity contribution < 1.29 is 19.5 Å². The minimum atomic E-state index is -1.01. The van der Waals surface area contributed by atoms with Crippen molar-refractivity contribution in [3.63, 3.8) is 0 Å². The molecule has 1 aliphatic carbocycles. The van der Waals surface area contributed by atoms with E-state index in [0.29, 0.717) is 13.0 Å². The monoisotopic (exact) mass is 310 g/mol. The van der Waals surface area contributed by atoms with Gasteiger partial charge in [-0.1, -0.05) is 26.7 Å². The summed E-state index contributed by atoms with van der Waals surface area (Å²) in [6.07, 6.45) is 4.92. The number of likely N-dealkylation sites (tertiary alicyclic amines) is 1. The summed E-state index contributed by atoms with van der Waals surface area (Å²) in [5, 5.41) is 11.8. The topological polar surface area (TPSA) is 86.7 Å². The van der Waals surface area contributed by atoms with E-state index >= 15 is 0 Å². The first-order valence-corrected chi connectivity index (χ1v) is 8.21. The van der Waals surface area contributed by atoms with Crippen LogP contribution in [0.2, 0.25) is 0 Å². The van der Waals surface area contributed by atoms with E-state index in [1.54, 1.807) is 0 Å². The molecule has 1 saturated carbocycles. The van der Waals surface area contributed by atoms with Crippen molar-refractivity contribution in [2.45, 2.75) is 64.5 Å². The number of aliphatic carboxylic acids is 1. The number of carboxylic acid groups (broad SMARTS) is 1. The lowest BCUT2D eigenvalue weighted by molar-refractivity contribution is -0.142. The van der Waals surface area contributed by atoms with E-state index in [9.17, 15) is 19.5 Å². The molecule has 1 aliphatic heterocycles. The summed E-state index contributed by atoms with van der Waals surface area (Å²) < 4.78 is 0. The molecule has 2 fully saturated rings. The van der Waals surface area contributed by atoms with Crippen LogP contribution < -0.4 is 5.32 Å². The van der Waals surface area contributed by atoms with Gasteiger partial charge in [0.2, 0.25) is 11.8 Å². The third-order valence-electron chi connectivity index (χ3n) is 4.62. The Morgan fingerprint density at radius 3 is 2.50 bits per heavy atom. The smallest absolute Gasteiger partial charge is 0.326 e. The molecule has 2 amide bonds. The van der Waals surface area contributed by atoms with Gasteiger partial charge < -0.3 is 15.3 Å². The second-order valence-corrected chi connectivity index (χ2v) is 6.91. The molecule has 0 aromatic rings. The van der Waals surface area contributed by atoms with Crippen LogP contribution in [0.4, 0.5) is 0 Å². The summed E-state index contributed by atoms with van der Waals surface area (Å²) >= 11 is 0. The predicted octanol–water partition coefficient (Wildman–Crippen LogP) is 1.39. The summed E-state index contributed by atoms with van der Waals surface area (Å²) in [6.45, 7) is 4.27. The van der Waals surface area contributed by atoms with E-state index in [1.807, 2.05) is 18.7 Å². The van der Waals surface area contributed by atoms with Gasteiger partial charge in [-0.15, -0.1) is 0 Å². The molecule has 2 rings (SSSR count). The average Bonchev–Trinajstić information content (AvgIpc) is 3.05. The molecule has 6 heteroatoms. The Balaban J connectivity index is 1.92. The Morgan fingerprint density at radius 1 is 1.32 bits per heavy atom. The lowest BCUT2D eigenvalue weighted by Gasteiger charge is -2.24. The van der Waals surface area contributed by atoms with Crippen molar-refractivity contribution in [2.75, 3.05) is 6.54 Å². The predicted molar refractivity (Wildman–Crippen MR) is 81.1 cm³/mol. The quantitative estimate of drug-likeness (QED) is 0.776. The van der Waals surface area contributed by atoms with E-state index < -0.39 is 17.9 Å². The van der Waals surface area contributed by atoms with Crippen molar-refractivity contribution in [3.8, 4) is 0 Å². The SMILES string of the molecule is CC(C)C[C@H](NC(=O)C1CC(=O)N(C2CCCC2)C1)C(=O)O. The van der Waals surface area contributed by atoms with Gasteiger partial charge >= 0.3 is 5.97 Å². The summed E-state index contributed by atoms with van der Waals surface area (Å²) in [4.78, 5) is 37.5. The number of nitrogens with zero attached hydrogens (tertiary/aromatic N) is 1. The maximum atomic E-state index is 12.3. The number of amides is 2. The molecule has 22 heavy (non-hydrogen) atoms. The van der Waals surface area contributed by atoms with Gasteiger partial charge in [-0.05, 0) is 25.2 Å². The second-order valence-electron chi connectivity index (χ2n) is 6.91. The third kappa shape index (κ3) is 3.99. The minimum Gasteiger partial charge on any atom is -0.480 e. The first-order valence-electron chi connectivity index (χ1n) is 8.21. The van der Waals surface area contributed by atoms with Gasteiger partial charge in [0.05, 0.1) is 5.92 Å².